The van der Waals surface area contributed by atoms with Crippen molar-refractivity contribution >= 4 is 11.9 Å². The van der Waals surface area contributed by atoms with Crippen LogP contribution in [0.1, 0.15) is 30.4 Å². The largest absolute Gasteiger partial charge is 0.347 e. The molecular weight excluding hydrogens is 246 g/mol. The quantitative estimate of drug-likeness (QED) is 0.866. The van der Waals surface area contributed by atoms with Gasteiger partial charge in [-0.05, 0) is 19.8 Å². The average Bonchev–Trinajstić information content (AvgIpc) is 3.07. The second-order valence-electron chi connectivity index (χ2n) is 4.59. The molecule has 1 saturated heterocycles. The highest BCUT2D eigenvalue weighted by Gasteiger charge is 2.31. The zero-order valence-electron chi connectivity index (χ0n) is 10.6. The van der Waals surface area contributed by atoms with E-state index in [4.69, 9.17) is 4.52 Å². The minimum Gasteiger partial charge on any atom is -0.347 e. The molecule has 1 fully saturated rings. The molecule has 2 aromatic heterocycles. The lowest BCUT2D eigenvalue weighted by Crippen LogP contribution is -2.34. The summed E-state index contributed by atoms with van der Waals surface area (Å²) >= 11 is 0. The van der Waals surface area contributed by atoms with Gasteiger partial charge in [-0.1, -0.05) is 5.16 Å². The standard InChI is InChI=1S/C12H15N5O2/c1-8-7-10(19-16-8)15-12(18)17-6-2-3-9(17)11-13-4-5-14-11/h4-5,7,9H,2-3,6H2,1H3,(H,13,14)(H,15,18). The Bertz CT molecular complexity index is 562. The van der Waals surface area contributed by atoms with Gasteiger partial charge >= 0.3 is 6.03 Å². The minimum atomic E-state index is -0.185. The van der Waals surface area contributed by atoms with Gasteiger partial charge in [-0.25, -0.2) is 9.78 Å². The van der Waals surface area contributed by atoms with E-state index in [2.05, 4.69) is 20.4 Å². The van der Waals surface area contributed by atoms with Gasteiger partial charge < -0.3 is 14.4 Å². The number of nitrogens with zero attached hydrogens (tertiary/aromatic N) is 3. The molecule has 7 heteroatoms. The Morgan fingerprint density at radius 2 is 2.53 bits per heavy atom. The highest BCUT2D eigenvalue weighted by atomic mass is 16.5. The highest BCUT2D eigenvalue weighted by molar-refractivity contribution is 5.88. The summed E-state index contributed by atoms with van der Waals surface area (Å²) in [5.41, 5.74) is 0.735. The molecule has 0 aromatic carbocycles. The Morgan fingerprint density at radius 1 is 1.63 bits per heavy atom. The Balaban J connectivity index is 1.72. The van der Waals surface area contributed by atoms with Gasteiger partial charge in [-0.3, -0.25) is 5.32 Å². The van der Waals surface area contributed by atoms with Gasteiger partial charge in [0.2, 0.25) is 5.88 Å². The fourth-order valence-corrected chi connectivity index (χ4v) is 2.35. The number of aryl methyl sites for hydroxylation is 1. The number of hydrogen-bond donors (Lipinski definition) is 2. The van der Waals surface area contributed by atoms with E-state index < -0.39 is 0 Å². The first kappa shape index (κ1) is 11.8. The molecule has 1 atom stereocenters. The second kappa shape index (κ2) is 4.75. The van der Waals surface area contributed by atoms with E-state index in [-0.39, 0.29) is 12.1 Å². The number of aromatic nitrogens is 3. The maximum absolute atomic E-state index is 12.2. The smallest absolute Gasteiger partial charge is 0.324 e. The minimum absolute atomic E-state index is 0.000909. The number of hydrogen-bond acceptors (Lipinski definition) is 4. The van der Waals surface area contributed by atoms with Crippen molar-refractivity contribution in [2.45, 2.75) is 25.8 Å². The topological polar surface area (TPSA) is 87.0 Å². The highest BCUT2D eigenvalue weighted by Crippen LogP contribution is 2.30. The summed E-state index contributed by atoms with van der Waals surface area (Å²) in [4.78, 5) is 21.3. The number of carbonyl (C=O) groups is 1. The number of urea groups is 1. The molecule has 100 valence electrons. The first-order valence-corrected chi connectivity index (χ1v) is 6.24. The lowest BCUT2D eigenvalue weighted by molar-refractivity contribution is 0.204. The van der Waals surface area contributed by atoms with Crippen LogP contribution >= 0.6 is 0 Å². The van der Waals surface area contributed by atoms with Crippen molar-refractivity contribution in [3.63, 3.8) is 0 Å². The van der Waals surface area contributed by atoms with E-state index in [1.165, 1.54) is 0 Å². The van der Waals surface area contributed by atoms with Crippen molar-refractivity contribution in [3.8, 4) is 0 Å². The van der Waals surface area contributed by atoms with Crippen LogP contribution in [0.15, 0.2) is 23.0 Å². The Labute approximate surface area is 110 Å². The third-order valence-corrected chi connectivity index (χ3v) is 3.21. The lowest BCUT2D eigenvalue weighted by Gasteiger charge is -2.22. The summed E-state index contributed by atoms with van der Waals surface area (Å²) < 4.78 is 4.99. The zero-order valence-corrected chi connectivity index (χ0v) is 10.6. The van der Waals surface area contributed by atoms with Crippen LogP contribution in [0.2, 0.25) is 0 Å². The van der Waals surface area contributed by atoms with E-state index in [0.29, 0.717) is 12.4 Å². The van der Waals surface area contributed by atoms with E-state index in [9.17, 15) is 4.79 Å². The summed E-state index contributed by atoms with van der Waals surface area (Å²) in [7, 11) is 0. The number of carbonyl (C=O) groups excluding carboxylic acids is 1. The van der Waals surface area contributed by atoms with Crippen LogP contribution in [0.3, 0.4) is 0 Å². The van der Waals surface area contributed by atoms with Gasteiger partial charge in [-0.2, -0.15) is 0 Å². The van der Waals surface area contributed by atoms with Crippen molar-refractivity contribution in [2.75, 3.05) is 11.9 Å². The normalized spacial score (nSPS) is 18.8. The molecule has 1 aliphatic heterocycles. The molecule has 0 aliphatic carbocycles. The maximum atomic E-state index is 12.2. The van der Waals surface area contributed by atoms with E-state index >= 15 is 0 Å². The molecule has 2 amide bonds. The molecule has 19 heavy (non-hydrogen) atoms. The van der Waals surface area contributed by atoms with Gasteiger partial charge in [-0.15, -0.1) is 0 Å². The number of nitrogens with one attached hydrogen (secondary N) is 2. The van der Waals surface area contributed by atoms with Crippen molar-refractivity contribution in [3.05, 3.63) is 30.0 Å². The molecule has 3 heterocycles. The number of aromatic amines is 1. The Morgan fingerprint density at radius 3 is 3.21 bits per heavy atom. The molecular formula is C12H15N5O2. The van der Waals surface area contributed by atoms with Crippen LogP contribution in [0.4, 0.5) is 10.7 Å². The summed E-state index contributed by atoms with van der Waals surface area (Å²) in [6, 6.07) is 1.50. The maximum Gasteiger partial charge on any atom is 0.324 e. The average molecular weight is 261 g/mol. The molecule has 7 nitrogen and oxygen atoms in total. The fraction of sp³-hybridized carbons (Fsp3) is 0.417. The van der Waals surface area contributed by atoms with Crippen LogP contribution in [-0.4, -0.2) is 32.6 Å². The van der Waals surface area contributed by atoms with Gasteiger partial charge in [0.15, 0.2) is 0 Å². The SMILES string of the molecule is Cc1cc(NC(=O)N2CCCC2c2ncc[nH]2)on1. The Kier molecular flexibility index (Phi) is 2.94. The number of anilines is 1. The third-order valence-electron chi connectivity index (χ3n) is 3.21. The van der Waals surface area contributed by atoms with Crippen LogP contribution in [0, 0.1) is 6.92 Å². The van der Waals surface area contributed by atoms with Crippen LogP contribution in [0.5, 0.6) is 0 Å². The van der Waals surface area contributed by atoms with E-state index in [1.54, 1.807) is 30.3 Å². The van der Waals surface area contributed by atoms with Crippen molar-refractivity contribution in [1.29, 1.82) is 0 Å². The molecule has 1 aliphatic rings. The van der Waals surface area contributed by atoms with Gasteiger partial charge in [0.05, 0.1) is 11.7 Å². The third kappa shape index (κ3) is 2.31. The molecule has 2 aromatic rings. The molecule has 0 saturated carbocycles. The number of H-pyrrole nitrogens is 1. The van der Waals surface area contributed by atoms with Crippen LogP contribution < -0.4 is 5.32 Å². The van der Waals surface area contributed by atoms with Crippen LogP contribution in [0.25, 0.3) is 0 Å². The first-order chi connectivity index (χ1) is 9.24. The number of imidazole rings is 1. The molecule has 0 radical (unpaired) electrons. The molecule has 2 N–H and O–H groups in total. The summed E-state index contributed by atoms with van der Waals surface area (Å²) in [5, 5.41) is 6.45. The van der Waals surface area contributed by atoms with Crippen LogP contribution in [-0.2, 0) is 0 Å². The number of amides is 2. The monoisotopic (exact) mass is 261 g/mol. The predicted octanol–water partition coefficient (Wildman–Crippen LogP) is 2.08. The van der Waals surface area contributed by atoms with Gasteiger partial charge in [0.1, 0.15) is 5.82 Å². The lowest BCUT2D eigenvalue weighted by atomic mass is 10.2. The Hall–Kier alpha value is -2.31. The summed E-state index contributed by atoms with van der Waals surface area (Å²) in [6.07, 6.45) is 5.34. The summed E-state index contributed by atoms with van der Waals surface area (Å²) in [6.45, 7) is 2.52. The van der Waals surface area contributed by atoms with Gasteiger partial charge in [0, 0.05) is 25.0 Å². The van der Waals surface area contributed by atoms with E-state index in [1.807, 2.05) is 0 Å². The predicted molar refractivity (Wildman–Crippen MR) is 67.5 cm³/mol. The van der Waals surface area contributed by atoms with Crippen molar-refractivity contribution in [2.24, 2.45) is 0 Å². The zero-order chi connectivity index (χ0) is 13.2. The molecule has 1 unspecified atom stereocenters. The summed E-state index contributed by atoms with van der Waals surface area (Å²) in [5.74, 6) is 1.19. The fourth-order valence-electron chi connectivity index (χ4n) is 2.35. The van der Waals surface area contributed by atoms with Crippen molar-refractivity contribution in [1.82, 2.24) is 20.0 Å². The number of likely N-dealkylation sites (tertiary alicyclic amines) is 1. The van der Waals surface area contributed by atoms with Gasteiger partial charge in [0.25, 0.3) is 0 Å². The second-order valence-corrected chi connectivity index (χ2v) is 4.59. The number of rotatable bonds is 2. The molecule has 0 bridgehead atoms. The van der Waals surface area contributed by atoms with Crippen molar-refractivity contribution < 1.29 is 9.32 Å². The first-order valence-electron chi connectivity index (χ1n) is 6.24. The molecule has 3 rings (SSSR count). The van der Waals surface area contributed by atoms with E-state index in [0.717, 1.165) is 24.4 Å². The molecule has 0 spiro atoms.